The van der Waals surface area contributed by atoms with Crippen LogP contribution in [0.4, 0.5) is 0 Å². The third-order valence-electron chi connectivity index (χ3n) is 6.61. The molecule has 2 unspecified atom stereocenters. The molecule has 0 spiro atoms. The van der Waals surface area contributed by atoms with E-state index >= 15 is 0 Å². The number of carbonyl (C=O) groups is 2. The minimum Gasteiger partial charge on any atom is -0.357 e. The molecule has 172 valence electrons. The summed E-state index contributed by atoms with van der Waals surface area (Å²) in [5.74, 6) is 1.30. The summed E-state index contributed by atoms with van der Waals surface area (Å²) in [7, 11) is 3.68. The fourth-order valence-electron chi connectivity index (χ4n) is 4.82. The number of guanidine groups is 1. The van der Waals surface area contributed by atoms with Crippen LogP contribution in [0.2, 0.25) is 0 Å². The van der Waals surface area contributed by atoms with Crippen molar-refractivity contribution in [2.75, 3.05) is 27.2 Å². The topological polar surface area (TPSA) is 85.8 Å². The number of rotatable bonds is 7. The Balaban J connectivity index is 0.00000320. The molecule has 3 aliphatic rings. The average Bonchev–Trinajstić information content (AvgIpc) is 3.39. The summed E-state index contributed by atoms with van der Waals surface area (Å²) in [5.41, 5.74) is -0.356. The monoisotopic (exact) mass is 533 g/mol. The van der Waals surface area contributed by atoms with E-state index < -0.39 is 0 Å². The molecule has 8 heteroatoms. The van der Waals surface area contributed by atoms with Crippen LogP contribution in [0.1, 0.15) is 71.1 Å². The van der Waals surface area contributed by atoms with Crippen LogP contribution in [0.5, 0.6) is 0 Å². The van der Waals surface area contributed by atoms with Gasteiger partial charge in [0.2, 0.25) is 11.8 Å². The average molecular weight is 533 g/mol. The predicted octanol–water partition coefficient (Wildman–Crippen LogP) is 2.65. The van der Waals surface area contributed by atoms with E-state index in [-0.39, 0.29) is 53.2 Å². The fraction of sp³-hybridized carbons (Fsp3) is 0.864. The second-order valence-electron chi connectivity index (χ2n) is 9.37. The molecular weight excluding hydrogens is 493 g/mol. The van der Waals surface area contributed by atoms with Crippen molar-refractivity contribution in [3.63, 3.8) is 0 Å². The number of nitrogens with one attached hydrogen (secondary N) is 3. The Labute approximate surface area is 198 Å². The summed E-state index contributed by atoms with van der Waals surface area (Å²) in [6.07, 6.45) is 10.2. The molecular formula is C22H40IN5O2. The molecule has 0 aromatic heterocycles. The highest BCUT2D eigenvalue weighted by Crippen LogP contribution is 2.39. The Morgan fingerprint density at radius 3 is 2.30 bits per heavy atom. The first-order valence-corrected chi connectivity index (χ1v) is 11.5. The summed E-state index contributed by atoms with van der Waals surface area (Å²) in [6, 6.07) is 0.673. The van der Waals surface area contributed by atoms with E-state index in [1.54, 1.807) is 4.90 Å². The maximum Gasteiger partial charge on any atom is 0.230 e. The first-order valence-electron chi connectivity index (χ1n) is 11.5. The van der Waals surface area contributed by atoms with Crippen LogP contribution in [-0.4, -0.2) is 61.9 Å². The molecule has 0 aromatic rings. The van der Waals surface area contributed by atoms with Gasteiger partial charge in [-0.2, -0.15) is 0 Å². The molecule has 0 heterocycles. The van der Waals surface area contributed by atoms with E-state index in [9.17, 15) is 9.59 Å². The van der Waals surface area contributed by atoms with E-state index in [2.05, 4.69) is 22.9 Å². The molecule has 7 nitrogen and oxygen atoms in total. The minimum absolute atomic E-state index is 0. The van der Waals surface area contributed by atoms with Crippen molar-refractivity contribution in [1.29, 1.82) is 0 Å². The molecule has 3 fully saturated rings. The summed E-state index contributed by atoms with van der Waals surface area (Å²) in [6.45, 7) is 3.36. The normalized spacial score (nSPS) is 25.8. The van der Waals surface area contributed by atoms with E-state index in [0.29, 0.717) is 12.6 Å². The molecule has 2 atom stereocenters. The standard InChI is InChI=1S/C22H39N5O2.HI/c1-4-23-21(24-15-22(12-5-6-13-22)20(29)27(2)3)26-18-9-7-8-16(14-18)19(28)25-17-10-11-17;/h16-18H,4-15H2,1-3H3,(H,25,28)(H2,23,24,26);1H. The zero-order valence-corrected chi connectivity index (χ0v) is 21.2. The Kier molecular flexibility index (Phi) is 9.68. The van der Waals surface area contributed by atoms with Gasteiger partial charge in [0.25, 0.3) is 0 Å². The highest BCUT2D eigenvalue weighted by Gasteiger charge is 2.42. The summed E-state index contributed by atoms with van der Waals surface area (Å²) < 4.78 is 0. The number of nitrogens with zero attached hydrogens (tertiary/aromatic N) is 2. The van der Waals surface area contributed by atoms with Crippen LogP contribution < -0.4 is 16.0 Å². The zero-order chi connectivity index (χ0) is 20.9. The van der Waals surface area contributed by atoms with Crippen LogP contribution in [0.15, 0.2) is 4.99 Å². The van der Waals surface area contributed by atoms with Crippen molar-refractivity contribution in [3.05, 3.63) is 0 Å². The number of halogens is 1. The molecule has 3 aliphatic carbocycles. The Hall–Kier alpha value is -1.06. The third-order valence-corrected chi connectivity index (χ3v) is 6.61. The third kappa shape index (κ3) is 6.72. The molecule has 3 N–H and O–H groups in total. The zero-order valence-electron chi connectivity index (χ0n) is 18.8. The molecule has 0 bridgehead atoms. The SMILES string of the molecule is CCNC(=NCC1(C(=O)N(C)C)CCCC1)NC1CCCC(C(=O)NC2CC2)C1.I. The number of amides is 2. The van der Waals surface area contributed by atoms with Gasteiger partial charge in [-0.3, -0.25) is 14.6 Å². The second-order valence-corrected chi connectivity index (χ2v) is 9.37. The van der Waals surface area contributed by atoms with Crippen molar-refractivity contribution >= 4 is 41.8 Å². The van der Waals surface area contributed by atoms with Crippen LogP contribution in [0.25, 0.3) is 0 Å². The number of carbonyl (C=O) groups excluding carboxylic acids is 2. The van der Waals surface area contributed by atoms with E-state index in [1.807, 2.05) is 14.1 Å². The van der Waals surface area contributed by atoms with Crippen LogP contribution >= 0.6 is 24.0 Å². The maximum absolute atomic E-state index is 12.8. The molecule has 2 amide bonds. The van der Waals surface area contributed by atoms with Crippen LogP contribution in [0, 0.1) is 11.3 Å². The molecule has 0 saturated heterocycles. The quantitative estimate of drug-likeness (QED) is 0.267. The highest BCUT2D eigenvalue weighted by molar-refractivity contribution is 14.0. The first kappa shape index (κ1) is 25.2. The molecule has 0 aliphatic heterocycles. The molecule has 30 heavy (non-hydrogen) atoms. The molecule has 0 aromatic carbocycles. The van der Waals surface area contributed by atoms with Crippen molar-refractivity contribution < 1.29 is 9.59 Å². The van der Waals surface area contributed by atoms with E-state index in [4.69, 9.17) is 4.99 Å². The van der Waals surface area contributed by atoms with Gasteiger partial charge in [0.1, 0.15) is 0 Å². The highest BCUT2D eigenvalue weighted by atomic mass is 127. The van der Waals surface area contributed by atoms with Crippen molar-refractivity contribution in [2.24, 2.45) is 16.3 Å². The molecule has 3 saturated carbocycles. The van der Waals surface area contributed by atoms with Crippen molar-refractivity contribution in [1.82, 2.24) is 20.9 Å². The van der Waals surface area contributed by atoms with Gasteiger partial charge in [-0.25, -0.2) is 0 Å². The van der Waals surface area contributed by atoms with Gasteiger partial charge in [-0.15, -0.1) is 24.0 Å². The lowest BCUT2D eigenvalue weighted by atomic mass is 9.84. The van der Waals surface area contributed by atoms with Crippen LogP contribution in [0.3, 0.4) is 0 Å². The van der Waals surface area contributed by atoms with Gasteiger partial charge >= 0.3 is 0 Å². The van der Waals surface area contributed by atoms with Gasteiger partial charge in [0.15, 0.2) is 5.96 Å². The van der Waals surface area contributed by atoms with Gasteiger partial charge in [0, 0.05) is 38.6 Å². The Morgan fingerprint density at radius 2 is 1.70 bits per heavy atom. The van der Waals surface area contributed by atoms with Crippen molar-refractivity contribution in [3.8, 4) is 0 Å². The lowest BCUT2D eigenvalue weighted by Gasteiger charge is -2.31. The minimum atomic E-state index is -0.356. The second kappa shape index (κ2) is 11.5. The van der Waals surface area contributed by atoms with E-state index in [1.165, 1.54) is 0 Å². The van der Waals surface area contributed by atoms with Crippen LogP contribution in [-0.2, 0) is 9.59 Å². The van der Waals surface area contributed by atoms with Crippen molar-refractivity contribution in [2.45, 2.75) is 83.2 Å². The van der Waals surface area contributed by atoms with Gasteiger partial charge in [0.05, 0.1) is 12.0 Å². The lowest BCUT2D eigenvalue weighted by molar-refractivity contribution is -0.138. The van der Waals surface area contributed by atoms with Gasteiger partial charge in [-0.1, -0.05) is 19.3 Å². The van der Waals surface area contributed by atoms with Gasteiger partial charge < -0.3 is 20.9 Å². The maximum atomic E-state index is 12.8. The lowest BCUT2D eigenvalue weighted by Crippen LogP contribution is -2.48. The first-order chi connectivity index (χ1) is 13.9. The smallest absolute Gasteiger partial charge is 0.230 e. The fourth-order valence-corrected chi connectivity index (χ4v) is 4.82. The summed E-state index contributed by atoms with van der Waals surface area (Å²) in [5, 5.41) is 10.1. The molecule has 3 rings (SSSR count). The molecule has 0 radical (unpaired) electrons. The number of hydrogen-bond acceptors (Lipinski definition) is 3. The van der Waals surface area contributed by atoms with Gasteiger partial charge in [-0.05, 0) is 51.9 Å². The summed E-state index contributed by atoms with van der Waals surface area (Å²) >= 11 is 0. The summed E-state index contributed by atoms with van der Waals surface area (Å²) in [4.78, 5) is 31.8. The number of aliphatic imine (C=N–C) groups is 1. The van der Waals surface area contributed by atoms with E-state index in [0.717, 1.165) is 76.7 Å². The number of hydrogen-bond donors (Lipinski definition) is 3. The largest absolute Gasteiger partial charge is 0.357 e. The Bertz CT molecular complexity index is 615. The predicted molar refractivity (Wildman–Crippen MR) is 131 cm³/mol. The Morgan fingerprint density at radius 1 is 1.00 bits per heavy atom.